The van der Waals surface area contributed by atoms with Crippen molar-refractivity contribution in [2.24, 2.45) is 0 Å². The molecule has 0 amide bonds. The molecule has 0 aliphatic carbocycles. The zero-order chi connectivity index (χ0) is 13.1. The summed E-state index contributed by atoms with van der Waals surface area (Å²) in [5.74, 6) is 0. The highest BCUT2D eigenvalue weighted by atomic mass is 35.5. The first-order valence-corrected chi connectivity index (χ1v) is 6.91. The summed E-state index contributed by atoms with van der Waals surface area (Å²) in [4.78, 5) is 0. The average molecular weight is 276 g/mol. The molecule has 0 aliphatic heterocycles. The fourth-order valence-corrected chi connectivity index (χ4v) is 2.16. The largest absolute Gasteiger partial charge is 0.394 e. The maximum atomic E-state index is 11.9. The van der Waals surface area contributed by atoms with E-state index in [0.717, 1.165) is 5.56 Å². The molecular formula is C12H18ClNO2S. The van der Waals surface area contributed by atoms with Crippen molar-refractivity contribution in [3.8, 4) is 0 Å². The van der Waals surface area contributed by atoms with E-state index in [1.54, 1.807) is 12.1 Å². The summed E-state index contributed by atoms with van der Waals surface area (Å²) in [5, 5.41) is 9.97. The normalized spacial score (nSPS) is 15.6. The lowest BCUT2D eigenvalue weighted by atomic mass is 10.1. The number of nitrogens with one attached hydrogen (secondary N) is 1. The molecular weight excluding hydrogens is 258 g/mol. The SMILES string of the molecule is CC(C)(C)[S@@](=O)N[C@@H](CO)c1ccc(Cl)cc1. The molecule has 0 fully saturated rings. The monoisotopic (exact) mass is 275 g/mol. The van der Waals surface area contributed by atoms with E-state index in [9.17, 15) is 9.32 Å². The van der Waals surface area contributed by atoms with Gasteiger partial charge in [-0.3, -0.25) is 0 Å². The third-order valence-electron chi connectivity index (χ3n) is 2.26. The number of aliphatic hydroxyl groups is 1. The van der Waals surface area contributed by atoms with Crippen LogP contribution in [0.25, 0.3) is 0 Å². The number of benzene rings is 1. The highest BCUT2D eigenvalue weighted by Crippen LogP contribution is 2.19. The molecule has 2 N–H and O–H groups in total. The minimum absolute atomic E-state index is 0.108. The molecule has 0 saturated heterocycles. The molecule has 0 unspecified atom stereocenters. The summed E-state index contributed by atoms with van der Waals surface area (Å²) < 4.78 is 14.5. The van der Waals surface area contributed by atoms with E-state index in [1.807, 2.05) is 32.9 Å². The molecule has 0 aliphatic rings. The van der Waals surface area contributed by atoms with Crippen molar-refractivity contribution in [3.05, 3.63) is 34.9 Å². The van der Waals surface area contributed by atoms with Gasteiger partial charge in [0.1, 0.15) is 0 Å². The van der Waals surface area contributed by atoms with Crippen LogP contribution in [0.2, 0.25) is 5.02 Å². The van der Waals surface area contributed by atoms with Crippen molar-refractivity contribution < 1.29 is 9.32 Å². The van der Waals surface area contributed by atoms with Crippen molar-refractivity contribution in [1.29, 1.82) is 0 Å². The van der Waals surface area contributed by atoms with Gasteiger partial charge in [0.25, 0.3) is 0 Å². The van der Waals surface area contributed by atoms with Crippen LogP contribution < -0.4 is 4.72 Å². The van der Waals surface area contributed by atoms with Gasteiger partial charge >= 0.3 is 0 Å². The van der Waals surface area contributed by atoms with Gasteiger partial charge in [0.05, 0.1) is 28.4 Å². The van der Waals surface area contributed by atoms with Crippen LogP contribution in [0.1, 0.15) is 32.4 Å². The Bertz CT molecular complexity index is 386. The topological polar surface area (TPSA) is 49.3 Å². The molecule has 0 aromatic heterocycles. The Morgan fingerprint density at radius 3 is 2.29 bits per heavy atom. The van der Waals surface area contributed by atoms with E-state index in [4.69, 9.17) is 11.6 Å². The second kappa shape index (κ2) is 5.96. The molecule has 0 bridgehead atoms. The molecule has 1 rings (SSSR count). The Labute approximate surface area is 110 Å². The molecule has 1 aromatic carbocycles. The molecule has 3 nitrogen and oxygen atoms in total. The first-order valence-electron chi connectivity index (χ1n) is 5.39. The van der Waals surface area contributed by atoms with Crippen molar-refractivity contribution in [2.45, 2.75) is 31.6 Å². The molecule has 0 heterocycles. The van der Waals surface area contributed by atoms with E-state index in [-0.39, 0.29) is 17.4 Å². The van der Waals surface area contributed by atoms with E-state index in [1.165, 1.54) is 0 Å². The molecule has 2 atom stereocenters. The van der Waals surface area contributed by atoms with Crippen LogP contribution in [-0.2, 0) is 11.0 Å². The lowest BCUT2D eigenvalue weighted by Gasteiger charge is -2.23. The van der Waals surface area contributed by atoms with E-state index >= 15 is 0 Å². The van der Waals surface area contributed by atoms with E-state index in [2.05, 4.69) is 4.72 Å². The maximum absolute atomic E-state index is 11.9. The molecule has 1 aromatic rings. The third-order valence-corrected chi connectivity index (χ3v) is 4.12. The lowest BCUT2D eigenvalue weighted by molar-refractivity contribution is 0.260. The maximum Gasteiger partial charge on any atom is 0.0976 e. The smallest absolute Gasteiger partial charge is 0.0976 e. The zero-order valence-electron chi connectivity index (χ0n) is 10.2. The Morgan fingerprint density at radius 1 is 1.35 bits per heavy atom. The van der Waals surface area contributed by atoms with Gasteiger partial charge in [-0.15, -0.1) is 0 Å². The van der Waals surface area contributed by atoms with Gasteiger partial charge in [0, 0.05) is 5.02 Å². The summed E-state index contributed by atoms with van der Waals surface area (Å²) in [6.07, 6.45) is 0. The first-order chi connectivity index (χ1) is 7.84. The fourth-order valence-electron chi connectivity index (χ4n) is 1.21. The van der Waals surface area contributed by atoms with Crippen molar-refractivity contribution in [1.82, 2.24) is 4.72 Å². The summed E-state index contributed by atoms with van der Waals surface area (Å²) >= 11 is 5.79. The molecule has 0 spiro atoms. The minimum atomic E-state index is -1.22. The van der Waals surface area contributed by atoms with Crippen molar-refractivity contribution >= 4 is 22.6 Å². The Kier molecular flexibility index (Phi) is 5.13. The van der Waals surface area contributed by atoms with Crippen LogP contribution in [0.4, 0.5) is 0 Å². The van der Waals surface area contributed by atoms with Gasteiger partial charge in [-0.2, -0.15) is 0 Å². The predicted octanol–water partition coefficient (Wildman–Crippen LogP) is 2.43. The number of aliphatic hydroxyl groups excluding tert-OH is 1. The molecule has 0 radical (unpaired) electrons. The fraction of sp³-hybridized carbons (Fsp3) is 0.500. The highest BCUT2D eigenvalue weighted by molar-refractivity contribution is 7.84. The number of hydrogen-bond acceptors (Lipinski definition) is 2. The summed E-state index contributed by atoms with van der Waals surface area (Å²) in [6, 6.07) is 6.79. The van der Waals surface area contributed by atoms with Crippen molar-refractivity contribution in [2.75, 3.05) is 6.61 Å². The second-order valence-electron chi connectivity index (χ2n) is 4.79. The van der Waals surface area contributed by atoms with E-state index < -0.39 is 11.0 Å². The Balaban J connectivity index is 2.79. The van der Waals surface area contributed by atoms with Crippen LogP contribution in [0.3, 0.4) is 0 Å². The summed E-state index contributed by atoms with van der Waals surface area (Å²) in [7, 11) is -1.22. The molecule has 0 saturated carbocycles. The standard InChI is InChI=1S/C12H18ClNO2S/c1-12(2,3)17(16)14-11(8-15)9-4-6-10(13)7-5-9/h4-7,11,14-15H,8H2,1-3H3/t11-,17+/m0/s1. The van der Waals surface area contributed by atoms with Crippen LogP contribution in [0, 0.1) is 0 Å². The molecule has 96 valence electrons. The van der Waals surface area contributed by atoms with Gasteiger partial charge < -0.3 is 5.11 Å². The number of hydrogen-bond donors (Lipinski definition) is 2. The predicted molar refractivity (Wildman–Crippen MR) is 72.3 cm³/mol. The third kappa shape index (κ3) is 4.39. The van der Waals surface area contributed by atoms with Gasteiger partial charge in [-0.05, 0) is 38.5 Å². The van der Waals surface area contributed by atoms with Gasteiger partial charge in [-0.25, -0.2) is 8.93 Å². The van der Waals surface area contributed by atoms with Crippen LogP contribution in [0.5, 0.6) is 0 Å². The van der Waals surface area contributed by atoms with Gasteiger partial charge in [0.15, 0.2) is 0 Å². The van der Waals surface area contributed by atoms with Crippen LogP contribution in [0.15, 0.2) is 24.3 Å². The zero-order valence-corrected chi connectivity index (χ0v) is 11.8. The lowest BCUT2D eigenvalue weighted by Crippen LogP contribution is -2.37. The molecule has 5 heteroatoms. The average Bonchev–Trinajstić information content (AvgIpc) is 2.25. The highest BCUT2D eigenvalue weighted by Gasteiger charge is 2.23. The van der Waals surface area contributed by atoms with Gasteiger partial charge in [0.2, 0.25) is 0 Å². The number of halogens is 1. The van der Waals surface area contributed by atoms with E-state index in [0.29, 0.717) is 5.02 Å². The van der Waals surface area contributed by atoms with Crippen LogP contribution >= 0.6 is 11.6 Å². The van der Waals surface area contributed by atoms with Crippen LogP contribution in [-0.4, -0.2) is 20.7 Å². The minimum Gasteiger partial charge on any atom is -0.394 e. The quantitative estimate of drug-likeness (QED) is 0.887. The van der Waals surface area contributed by atoms with Crippen molar-refractivity contribution in [3.63, 3.8) is 0 Å². The molecule has 17 heavy (non-hydrogen) atoms. The first kappa shape index (κ1) is 14.6. The summed E-state index contributed by atoms with van der Waals surface area (Å²) in [5.41, 5.74) is 0.870. The Morgan fingerprint density at radius 2 is 1.88 bits per heavy atom. The Hall–Kier alpha value is -0.420. The number of rotatable bonds is 4. The summed E-state index contributed by atoms with van der Waals surface area (Å²) in [6.45, 7) is 5.54. The second-order valence-corrected chi connectivity index (χ2v) is 7.22. The van der Waals surface area contributed by atoms with Gasteiger partial charge in [-0.1, -0.05) is 23.7 Å².